The van der Waals surface area contributed by atoms with Crippen molar-refractivity contribution in [2.45, 2.75) is 19.8 Å². The maximum absolute atomic E-state index is 6.00. The highest BCUT2D eigenvalue weighted by atomic mass is 35.5. The Hall–Kier alpha value is -2.07. The molecule has 0 aliphatic carbocycles. The van der Waals surface area contributed by atoms with Gasteiger partial charge in [0.1, 0.15) is 5.52 Å². The fourth-order valence-corrected chi connectivity index (χ4v) is 2.46. The Bertz CT molecular complexity index is 746. The summed E-state index contributed by atoms with van der Waals surface area (Å²) in [6.45, 7) is 2.17. The van der Waals surface area contributed by atoms with Gasteiger partial charge in [0, 0.05) is 6.20 Å². The Balaban J connectivity index is 2.11. The summed E-state index contributed by atoms with van der Waals surface area (Å²) in [6.07, 6.45) is 3.82. The Morgan fingerprint density at radius 1 is 1.25 bits per heavy atom. The summed E-state index contributed by atoms with van der Waals surface area (Å²) in [5, 5.41) is 0.556. The molecule has 0 radical (unpaired) electrons. The first-order valence-corrected chi connectivity index (χ1v) is 6.95. The van der Waals surface area contributed by atoms with E-state index in [1.54, 1.807) is 12.3 Å². The van der Waals surface area contributed by atoms with Gasteiger partial charge in [-0.1, -0.05) is 37.1 Å². The van der Waals surface area contributed by atoms with Crippen molar-refractivity contribution in [1.82, 2.24) is 14.5 Å². The minimum Gasteiger partial charge on any atom is -0.369 e. The summed E-state index contributed by atoms with van der Waals surface area (Å²) in [7, 11) is 0. The van der Waals surface area contributed by atoms with Gasteiger partial charge >= 0.3 is 0 Å². The standard InChI is InChI=1S/C15H15ClN4/c1-2-3-10-4-6-12(7-5-10)20-14-13(19-15(20)17)8-11(16)9-18-14/h4-9H,2-3H2,1H3,(H2,17,19). The molecule has 0 fully saturated rings. The molecule has 0 spiro atoms. The van der Waals surface area contributed by atoms with E-state index in [1.165, 1.54) is 5.56 Å². The molecule has 2 aromatic heterocycles. The van der Waals surface area contributed by atoms with Crippen LogP contribution in [-0.4, -0.2) is 14.5 Å². The lowest BCUT2D eigenvalue weighted by atomic mass is 10.1. The van der Waals surface area contributed by atoms with Crippen LogP contribution >= 0.6 is 11.6 Å². The van der Waals surface area contributed by atoms with Crippen molar-refractivity contribution in [3.8, 4) is 5.69 Å². The van der Waals surface area contributed by atoms with E-state index < -0.39 is 0 Å². The molecule has 0 saturated heterocycles. The summed E-state index contributed by atoms with van der Waals surface area (Å²) >= 11 is 5.93. The average Bonchev–Trinajstić information content (AvgIpc) is 2.75. The zero-order chi connectivity index (χ0) is 14.1. The number of imidazole rings is 1. The summed E-state index contributed by atoms with van der Waals surface area (Å²) in [4.78, 5) is 8.63. The van der Waals surface area contributed by atoms with Gasteiger partial charge in [-0.15, -0.1) is 0 Å². The van der Waals surface area contributed by atoms with Crippen LogP contribution in [0.5, 0.6) is 0 Å². The molecule has 2 N–H and O–H groups in total. The lowest BCUT2D eigenvalue weighted by Crippen LogP contribution is -2.01. The summed E-state index contributed by atoms with van der Waals surface area (Å²) in [6, 6.07) is 10.1. The van der Waals surface area contributed by atoms with Crippen LogP contribution in [0.3, 0.4) is 0 Å². The third-order valence-electron chi connectivity index (χ3n) is 3.22. The van der Waals surface area contributed by atoms with Crippen LogP contribution in [0.15, 0.2) is 36.5 Å². The number of hydrogen-bond acceptors (Lipinski definition) is 3. The number of fused-ring (bicyclic) bond motifs is 1. The number of benzene rings is 1. The molecule has 1 aromatic carbocycles. The van der Waals surface area contributed by atoms with Gasteiger partial charge in [0.05, 0.1) is 10.7 Å². The third-order valence-corrected chi connectivity index (χ3v) is 3.43. The van der Waals surface area contributed by atoms with Gasteiger partial charge in [-0.05, 0) is 30.2 Å². The second-order valence-electron chi connectivity index (χ2n) is 4.72. The molecule has 0 atom stereocenters. The second kappa shape index (κ2) is 5.13. The maximum Gasteiger partial charge on any atom is 0.207 e. The number of pyridine rings is 1. The first kappa shape index (κ1) is 12.9. The molecule has 20 heavy (non-hydrogen) atoms. The van der Waals surface area contributed by atoms with E-state index in [0.717, 1.165) is 24.2 Å². The number of halogens is 1. The summed E-state index contributed by atoms with van der Waals surface area (Å²) < 4.78 is 1.83. The largest absolute Gasteiger partial charge is 0.369 e. The second-order valence-corrected chi connectivity index (χ2v) is 5.15. The van der Waals surface area contributed by atoms with Crippen molar-refractivity contribution < 1.29 is 0 Å². The number of aromatic nitrogens is 3. The summed E-state index contributed by atoms with van der Waals surface area (Å²) in [5.74, 6) is 0.415. The Morgan fingerprint density at radius 3 is 2.70 bits per heavy atom. The maximum atomic E-state index is 6.00. The molecular weight excluding hydrogens is 272 g/mol. The molecule has 0 aliphatic rings. The quantitative estimate of drug-likeness (QED) is 0.800. The minimum absolute atomic E-state index is 0.415. The topological polar surface area (TPSA) is 56.7 Å². The molecule has 0 amide bonds. The van der Waals surface area contributed by atoms with Gasteiger partial charge in [-0.2, -0.15) is 0 Å². The predicted octanol–water partition coefficient (Wildman–Crippen LogP) is 3.61. The first-order valence-electron chi connectivity index (χ1n) is 6.58. The van der Waals surface area contributed by atoms with Crippen molar-refractivity contribution >= 4 is 28.7 Å². The number of nitrogens with two attached hydrogens (primary N) is 1. The van der Waals surface area contributed by atoms with E-state index in [0.29, 0.717) is 16.5 Å². The number of rotatable bonds is 3. The van der Waals surface area contributed by atoms with Crippen LogP contribution in [0.1, 0.15) is 18.9 Å². The molecule has 3 aromatic rings. The van der Waals surface area contributed by atoms with E-state index in [4.69, 9.17) is 17.3 Å². The number of nitrogen functional groups attached to an aromatic ring is 1. The van der Waals surface area contributed by atoms with E-state index >= 15 is 0 Å². The van der Waals surface area contributed by atoms with Gasteiger partial charge in [-0.3, -0.25) is 4.57 Å². The predicted molar refractivity (Wildman–Crippen MR) is 82.3 cm³/mol. The molecule has 0 unspecified atom stereocenters. The molecule has 0 aliphatic heterocycles. The highest BCUT2D eigenvalue weighted by molar-refractivity contribution is 6.31. The van der Waals surface area contributed by atoms with Crippen LogP contribution in [0.25, 0.3) is 16.9 Å². The normalized spacial score (nSPS) is 11.1. The summed E-state index contributed by atoms with van der Waals surface area (Å²) in [5.41, 5.74) is 9.69. The van der Waals surface area contributed by atoms with Crippen LogP contribution in [0.2, 0.25) is 5.02 Å². The third kappa shape index (κ3) is 2.23. The lowest BCUT2D eigenvalue weighted by molar-refractivity contribution is 0.920. The van der Waals surface area contributed by atoms with E-state index in [-0.39, 0.29) is 0 Å². The van der Waals surface area contributed by atoms with E-state index in [1.807, 2.05) is 16.7 Å². The van der Waals surface area contributed by atoms with Crippen molar-refractivity contribution in [3.63, 3.8) is 0 Å². The van der Waals surface area contributed by atoms with Crippen molar-refractivity contribution in [2.24, 2.45) is 0 Å². The van der Waals surface area contributed by atoms with Gasteiger partial charge < -0.3 is 5.73 Å². The molecule has 3 rings (SSSR count). The van der Waals surface area contributed by atoms with Gasteiger partial charge in [0.15, 0.2) is 5.65 Å². The monoisotopic (exact) mass is 286 g/mol. The average molecular weight is 287 g/mol. The van der Waals surface area contributed by atoms with Crippen LogP contribution in [0, 0.1) is 0 Å². The van der Waals surface area contributed by atoms with Crippen molar-refractivity contribution in [2.75, 3.05) is 5.73 Å². The van der Waals surface area contributed by atoms with E-state index in [2.05, 4.69) is 29.0 Å². The van der Waals surface area contributed by atoms with Crippen molar-refractivity contribution in [3.05, 3.63) is 47.1 Å². The number of nitrogens with zero attached hydrogens (tertiary/aromatic N) is 3. The molecule has 2 heterocycles. The number of anilines is 1. The Kier molecular flexibility index (Phi) is 3.32. The van der Waals surface area contributed by atoms with E-state index in [9.17, 15) is 0 Å². The molecule has 5 heteroatoms. The molecule has 0 bridgehead atoms. The van der Waals surface area contributed by atoms with Gasteiger partial charge in [0.2, 0.25) is 5.95 Å². The number of hydrogen-bond donors (Lipinski definition) is 1. The molecular formula is C15H15ClN4. The smallest absolute Gasteiger partial charge is 0.207 e. The molecule has 102 valence electrons. The molecule has 0 saturated carbocycles. The molecule has 4 nitrogen and oxygen atoms in total. The Labute approximate surface area is 122 Å². The minimum atomic E-state index is 0.415. The fraction of sp³-hybridized carbons (Fsp3) is 0.200. The Morgan fingerprint density at radius 2 is 2.00 bits per heavy atom. The van der Waals surface area contributed by atoms with Crippen molar-refractivity contribution in [1.29, 1.82) is 0 Å². The van der Waals surface area contributed by atoms with Gasteiger partial charge in [-0.25, -0.2) is 9.97 Å². The zero-order valence-electron chi connectivity index (χ0n) is 11.2. The highest BCUT2D eigenvalue weighted by Crippen LogP contribution is 2.23. The highest BCUT2D eigenvalue weighted by Gasteiger charge is 2.11. The van der Waals surface area contributed by atoms with Crippen LogP contribution < -0.4 is 5.73 Å². The fourth-order valence-electron chi connectivity index (χ4n) is 2.31. The zero-order valence-corrected chi connectivity index (χ0v) is 11.9. The van der Waals surface area contributed by atoms with Crippen LogP contribution in [-0.2, 0) is 6.42 Å². The number of aryl methyl sites for hydroxylation is 1. The van der Waals surface area contributed by atoms with Crippen LogP contribution in [0.4, 0.5) is 5.95 Å². The van der Waals surface area contributed by atoms with Gasteiger partial charge in [0.25, 0.3) is 0 Å². The first-order chi connectivity index (χ1) is 9.69. The SMILES string of the molecule is CCCc1ccc(-n2c(N)nc3cc(Cl)cnc32)cc1. The lowest BCUT2D eigenvalue weighted by Gasteiger charge is -2.07.